The van der Waals surface area contributed by atoms with Crippen molar-refractivity contribution in [2.45, 2.75) is 26.4 Å². The van der Waals surface area contributed by atoms with Gasteiger partial charge in [0.05, 0.1) is 12.3 Å². The number of aryl methyl sites for hydroxylation is 1. The number of methoxy groups -OCH3 is 1. The van der Waals surface area contributed by atoms with Crippen LogP contribution < -0.4 is 16.4 Å². The molecular formula is C28H33F3N4O2. The molecule has 0 bridgehead atoms. The van der Waals surface area contributed by atoms with E-state index in [-0.39, 0.29) is 5.57 Å². The second-order valence-electron chi connectivity index (χ2n) is 8.17. The van der Waals surface area contributed by atoms with Gasteiger partial charge >= 0.3 is 6.18 Å². The lowest BCUT2D eigenvalue weighted by Crippen LogP contribution is -2.21. The minimum absolute atomic E-state index is 0.160. The van der Waals surface area contributed by atoms with Crippen molar-refractivity contribution < 1.29 is 22.7 Å². The number of rotatable bonds is 12. The van der Waals surface area contributed by atoms with Crippen LogP contribution in [-0.2, 0) is 9.53 Å². The number of carbonyl (C=O) groups is 1. The van der Waals surface area contributed by atoms with Gasteiger partial charge in [0.15, 0.2) is 0 Å². The van der Waals surface area contributed by atoms with E-state index in [4.69, 9.17) is 10.5 Å². The predicted octanol–water partition coefficient (Wildman–Crippen LogP) is 5.62. The molecule has 198 valence electrons. The van der Waals surface area contributed by atoms with E-state index in [1.54, 1.807) is 26.2 Å². The topological polar surface area (TPSA) is 88.7 Å². The van der Waals surface area contributed by atoms with Crippen molar-refractivity contribution in [3.63, 3.8) is 0 Å². The van der Waals surface area contributed by atoms with Crippen molar-refractivity contribution in [2.24, 2.45) is 10.7 Å². The van der Waals surface area contributed by atoms with Gasteiger partial charge in [0, 0.05) is 37.0 Å². The van der Waals surface area contributed by atoms with Gasteiger partial charge in [0.1, 0.15) is 5.70 Å². The molecule has 6 nitrogen and oxygen atoms in total. The number of aliphatic imine (C=N–C) groups is 1. The zero-order chi connectivity index (χ0) is 27.4. The quantitative estimate of drug-likeness (QED) is 0.148. The molecule has 2 aromatic carbocycles. The second kappa shape index (κ2) is 14.2. The van der Waals surface area contributed by atoms with Crippen LogP contribution in [0.15, 0.2) is 77.0 Å². The highest BCUT2D eigenvalue weighted by atomic mass is 19.4. The molecular weight excluding hydrogens is 481 g/mol. The van der Waals surface area contributed by atoms with Crippen LogP contribution in [0.2, 0.25) is 0 Å². The molecule has 0 aromatic heterocycles. The maximum atomic E-state index is 12.9. The highest BCUT2D eigenvalue weighted by Gasteiger charge is 2.32. The summed E-state index contributed by atoms with van der Waals surface area (Å²) in [6.07, 6.45) is -0.369. The molecule has 0 saturated carbocycles. The van der Waals surface area contributed by atoms with Crippen LogP contribution in [0.25, 0.3) is 16.8 Å². The van der Waals surface area contributed by atoms with Crippen molar-refractivity contribution >= 4 is 24.0 Å². The number of nitrogens with two attached hydrogens (primary N) is 1. The standard InChI is InChI=1S/C28H33F3N4O2/c1-5-7-22(17-26(32)28(29,30)31)27(36)35-23-11-10-19(2)24(18-23)20-8-6-9-21(16-20)25(33-3)12-13-34-14-15-37-4/h6-12,16-18,34H,3,5,13-15,32H2,1-2,4H3,(H,35,36)/b22-7+,25-12-,26-17-. The Balaban J connectivity index is 2.31. The van der Waals surface area contributed by atoms with Crippen molar-refractivity contribution in [1.29, 1.82) is 0 Å². The summed E-state index contributed by atoms with van der Waals surface area (Å²) in [4.78, 5) is 16.9. The first-order valence-electron chi connectivity index (χ1n) is 11.7. The number of amides is 1. The normalized spacial score (nSPS) is 13.0. The first kappa shape index (κ1) is 29.5. The van der Waals surface area contributed by atoms with Gasteiger partial charge in [-0.15, -0.1) is 0 Å². The molecule has 2 aromatic rings. The summed E-state index contributed by atoms with van der Waals surface area (Å²) in [6.45, 7) is 9.25. The Labute approximate surface area is 215 Å². The number of hydrogen-bond acceptors (Lipinski definition) is 5. The molecule has 4 N–H and O–H groups in total. The highest BCUT2D eigenvalue weighted by molar-refractivity contribution is 6.06. The third-order valence-electron chi connectivity index (χ3n) is 5.38. The van der Waals surface area contributed by atoms with Crippen LogP contribution in [0.3, 0.4) is 0 Å². The maximum absolute atomic E-state index is 12.9. The van der Waals surface area contributed by atoms with E-state index < -0.39 is 17.8 Å². The van der Waals surface area contributed by atoms with Gasteiger partial charge in [-0.2, -0.15) is 13.2 Å². The van der Waals surface area contributed by atoms with Crippen molar-refractivity contribution in [2.75, 3.05) is 32.1 Å². The fourth-order valence-corrected chi connectivity index (χ4v) is 3.47. The molecule has 0 aliphatic carbocycles. The molecule has 0 spiro atoms. The molecule has 0 unspecified atom stereocenters. The summed E-state index contributed by atoms with van der Waals surface area (Å²) in [7, 11) is 1.64. The van der Waals surface area contributed by atoms with Crippen molar-refractivity contribution in [3.8, 4) is 11.1 Å². The van der Waals surface area contributed by atoms with E-state index in [0.717, 1.165) is 28.0 Å². The number of alkyl halides is 3. The van der Waals surface area contributed by atoms with E-state index >= 15 is 0 Å². The van der Waals surface area contributed by atoms with E-state index in [1.807, 2.05) is 43.3 Å². The van der Waals surface area contributed by atoms with E-state index in [1.165, 1.54) is 6.08 Å². The number of allylic oxidation sites excluding steroid dienone is 2. The van der Waals surface area contributed by atoms with E-state index in [2.05, 4.69) is 22.3 Å². The van der Waals surface area contributed by atoms with Gasteiger partial charge in [0.25, 0.3) is 5.91 Å². The van der Waals surface area contributed by atoms with Crippen molar-refractivity contribution in [1.82, 2.24) is 5.32 Å². The summed E-state index contributed by atoms with van der Waals surface area (Å²) >= 11 is 0. The fraction of sp³-hybridized carbons (Fsp3) is 0.286. The minimum atomic E-state index is -4.72. The second-order valence-corrected chi connectivity index (χ2v) is 8.17. The molecule has 0 aliphatic heterocycles. The third kappa shape index (κ3) is 9.04. The number of nitrogens with zero attached hydrogens (tertiary/aromatic N) is 1. The van der Waals surface area contributed by atoms with E-state index in [0.29, 0.717) is 37.9 Å². The Morgan fingerprint density at radius 2 is 1.95 bits per heavy atom. The molecule has 9 heteroatoms. The Hall–Kier alpha value is -3.69. The van der Waals surface area contributed by atoms with E-state index in [9.17, 15) is 18.0 Å². The Morgan fingerprint density at radius 1 is 1.19 bits per heavy atom. The summed E-state index contributed by atoms with van der Waals surface area (Å²) in [5.41, 5.74) is 8.36. The van der Waals surface area contributed by atoms with Gasteiger partial charge in [-0.25, -0.2) is 0 Å². The molecule has 0 aliphatic rings. The zero-order valence-electron chi connectivity index (χ0n) is 21.3. The average molecular weight is 515 g/mol. The number of anilines is 1. The van der Waals surface area contributed by atoms with Gasteiger partial charge < -0.3 is 21.1 Å². The zero-order valence-corrected chi connectivity index (χ0v) is 21.3. The number of carbonyl (C=O) groups excluding carboxylic acids is 1. The number of nitrogens with one attached hydrogen (secondary N) is 2. The monoisotopic (exact) mass is 514 g/mol. The smallest absolute Gasteiger partial charge is 0.395 e. The first-order chi connectivity index (χ1) is 17.6. The highest BCUT2D eigenvalue weighted by Crippen LogP contribution is 2.30. The summed E-state index contributed by atoms with van der Waals surface area (Å²) in [5, 5.41) is 5.91. The summed E-state index contributed by atoms with van der Waals surface area (Å²) in [5.74, 6) is -0.681. The molecule has 0 saturated heterocycles. The lowest BCUT2D eigenvalue weighted by molar-refractivity contribution is -0.112. The van der Waals surface area contributed by atoms with Crippen LogP contribution >= 0.6 is 0 Å². The Bertz CT molecular complexity index is 1180. The molecule has 1 amide bonds. The lowest BCUT2D eigenvalue weighted by atomic mass is 9.97. The molecule has 0 radical (unpaired) electrons. The summed E-state index contributed by atoms with van der Waals surface area (Å²) in [6, 6.07) is 13.1. The molecule has 2 rings (SSSR count). The molecule has 37 heavy (non-hydrogen) atoms. The van der Waals surface area contributed by atoms with Gasteiger partial charge in [-0.1, -0.05) is 37.3 Å². The Morgan fingerprint density at radius 3 is 2.59 bits per heavy atom. The van der Waals surface area contributed by atoms with Gasteiger partial charge in [0.2, 0.25) is 0 Å². The number of hydrogen-bond donors (Lipinski definition) is 3. The summed E-state index contributed by atoms with van der Waals surface area (Å²) < 4.78 is 43.7. The largest absolute Gasteiger partial charge is 0.430 e. The Kier molecular flexibility index (Phi) is 11.3. The first-order valence-corrected chi connectivity index (χ1v) is 11.7. The van der Waals surface area contributed by atoms with Gasteiger partial charge in [-0.05, 0) is 67.1 Å². The maximum Gasteiger partial charge on any atom is 0.430 e. The van der Waals surface area contributed by atoms with Crippen molar-refractivity contribution in [3.05, 3.63) is 83.1 Å². The minimum Gasteiger partial charge on any atom is -0.395 e. The predicted molar refractivity (Wildman–Crippen MR) is 144 cm³/mol. The van der Waals surface area contributed by atoms with Gasteiger partial charge in [-0.3, -0.25) is 9.79 Å². The van der Waals surface area contributed by atoms with Crippen LogP contribution in [0, 0.1) is 6.92 Å². The molecule has 0 atom stereocenters. The van der Waals surface area contributed by atoms with Crippen LogP contribution in [0.1, 0.15) is 24.5 Å². The fourth-order valence-electron chi connectivity index (χ4n) is 3.47. The van der Waals surface area contributed by atoms with Crippen LogP contribution in [0.4, 0.5) is 18.9 Å². The lowest BCUT2D eigenvalue weighted by Gasteiger charge is -2.13. The van der Waals surface area contributed by atoms with Crippen LogP contribution in [0.5, 0.6) is 0 Å². The number of halogens is 3. The number of benzene rings is 2. The average Bonchev–Trinajstić information content (AvgIpc) is 2.86. The van der Waals surface area contributed by atoms with Crippen LogP contribution in [-0.4, -0.2) is 45.6 Å². The molecule has 0 fully saturated rings. The number of ether oxygens (including phenoxy) is 1. The third-order valence-corrected chi connectivity index (χ3v) is 5.38. The SMILES string of the molecule is C=N/C(=C\CNCCOC)c1cccc(-c2cc(NC(=O)C(/C=C(\N)C(F)(F)F)=C/CC)ccc2C)c1. The molecule has 0 heterocycles.